The summed E-state index contributed by atoms with van der Waals surface area (Å²) in [5.74, 6) is -2.07. The van der Waals surface area contributed by atoms with E-state index in [2.05, 4.69) is 15.2 Å². The van der Waals surface area contributed by atoms with Crippen LogP contribution in [0, 0.1) is 0 Å². The molecule has 3 aromatic rings. The number of hydrogen-bond donors (Lipinski definition) is 3. The molecule has 0 saturated carbocycles. The van der Waals surface area contributed by atoms with E-state index in [1.165, 1.54) is 7.05 Å². The number of aromatic nitrogens is 2. The Morgan fingerprint density at radius 1 is 1.23 bits per heavy atom. The van der Waals surface area contributed by atoms with Crippen LogP contribution in [-0.2, 0) is 11.8 Å². The average Bonchev–Trinajstić information content (AvgIpc) is 2.76. The summed E-state index contributed by atoms with van der Waals surface area (Å²) < 4.78 is 6.88. The molecule has 2 aromatic heterocycles. The van der Waals surface area contributed by atoms with Gasteiger partial charge in [-0.05, 0) is 23.8 Å². The fourth-order valence-electron chi connectivity index (χ4n) is 3.54. The molecule has 1 aromatic carbocycles. The van der Waals surface area contributed by atoms with E-state index < -0.39 is 35.3 Å². The van der Waals surface area contributed by atoms with Gasteiger partial charge in [0.25, 0.3) is 11.5 Å². The van der Waals surface area contributed by atoms with Crippen molar-refractivity contribution in [3.8, 4) is 22.6 Å². The van der Waals surface area contributed by atoms with E-state index in [9.17, 15) is 19.5 Å². The highest BCUT2D eigenvalue weighted by molar-refractivity contribution is 6.03. The van der Waals surface area contributed by atoms with Gasteiger partial charge >= 0.3 is 5.97 Å². The molecule has 1 aliphatic rings. The van der Waals surface area contributed by atoms with Crippen LogP contribution in [-0.4, -0.2) is 58.4 Å². The molecular weight excluding hydrogens is 404 g/mol. The van der Waals surface area contributed by atoms with Crippen LogP contribution in [0.3, 0.4) is 0 Å². The number of fused-ring (bicyclic) bond motifs is 2. The van der Waals surface area contributed by atoms with Gasteiger partial charge in [0.2, 0.25) is 0 Å². The number of carboxylic acids is 1. The highest BCUT2D eigenvalue weighted by Crippen LogP contribution is 2.36. The lowest BCUT2D eigenvalue weighted by molar-refractivity contribution is -0.135. The van der Waals surface area contributed by atoms with Crippen molar-refractivity contribution >= 4 is 28.6 Å². The Morgan fingerprint density at radius 2 is 2.00 bits per heavy atom. The molecule has 4 rings (SSSR count). The van der Waals surface area contributed by atoms with Crippen molar-refractivity contribution in [1.29, 1.82) is 0 Å². The zero-order chi connectivity index (χ0) is 22.3. The molecular formula is C21H20N4O6. The molecule has 1 amide bonds. The van der Waals surface area contributed by atoms with Crippen LogP contribution in [0.1, 0.15) is 10.4 Å². The quantitative estimate of drug-likeness (QED) is 0.564. The lowest BCUT2D eigenvalue weighted by Gasteiger charge is -2.28. The highest BCUT2D eigenvalue weighted by atomic mass is 16.5. The molecule has 0 aliphatic carbocycles. The SMILES string of the molecule is CN1CCOc2cc(-c3cnc4c(c3)c(O)c(C(=O)NCC(=O)O)c(=O)n4C)ccc21. The number of carbonyl (C=O) groups excluding carboxylic acids is 1. The van der Waals surface area contributed by atoms with Crippen LogP contribution < -0.4 is 20.5 Å². The van der Waals surface area contributed by atoms with Crippen LogP contribution >= 0.6 is 0 Å². The van der Waals surface area contributed by atoms with Gasteiger partial charge in [-0.1, -0.05) is 6.07 Å². The van der Waals surface area contributed by atoms with Gasteiger partial charge in [0.1, 0.15) is 35.9 Å². The maximum atomic E-state index is 12.6. The summed E-state index contributed by atoms with van der Waals surface area (Å²) in [6.45, 7) is 0.681. The van der Waals surface area contributed by atoms with Gasteiger partial charge < -0.3 is 25.2 Å². The molecule has 3 heterocycles. The van der Waals surface area contributed by atoms with Crippen LogP contribution in [0.4, 0.5) is 5.69 Å². The Bertz CT molecular complexity index is 1280. The first-order valence-corrected chi connectivity index (χ1v) is 9.48. The second kappa shape index (κ2) is 7.63. The number of rotatable bonds is 4. The van der Waals surface area contributed by atoms with Gasteiger partial charge in [-0.3, -0.25) is 19.0 Å². The summed E-state index contributed by atoms with van der Waals surface area (Å²) in [6, 6.07) is 7.32. The van der Waals surface area contributed by atoms with Crippen LogP contribution in [0.2, 0.25) is 0 Å². The predicted molar refractivity (Wildman–Crippen MR) is 113 cm³/mol. The maximum absolute atomic E-state index is 12.6. The molecule has 31 heavy (non-hydrogen) atoms. The second-order valence-corrected chi connectivity index (χ2v) is 7.21. The summed E-state index contributed by atoms with van der Waals surface area (Å²) in [5.41, 5.74) is 1.27. The van der Waals surface area contributed by atoms with E-state index in [-0.39, 0.29) is 11.0 Å². The Morgan fingerprint density at radius 3 is 2.74 bits per heavy atom. The Kier molecular flexibility index (Phi) is 4.97. The van der Waals surface area contributed by atoms with Crippen LogP contribution in [0.15, 0.2) is 35.3 Å². The minimum atomic E-state index is -1.27. The van der Waals surface area contributed by atoms with Crippen LogP contribution in [0.25, 0.3) is 22.2 Å². The van der Waals surface area contributed by atoms with E-state index in [1.807, 2.05) is 25.2 Å². The Labute approximate surface area is 176 Å². The number of hydrogen-bond acceptors (Lipinski definition) is 7. The number of ether oxygens (including phenoxy) is 1. The van der Waals surface area contributed by atoms with Crippen molar-refractivity contribution in [2.45, 2.75) is 0 Å². The Balaban J connectivity index is 1.83. The lowest BCUT2D eigenvalue weighted by Crippen LogP contribution is -2.35. The number of aliphatic carboxylic acids is 1. The van der Waals surface area contributed by atoms with E-state index >= 15 is 0 Å². The lowest BCUT2D eigenvalue weighted by atomic mass is 10.0. The third-order valence-corrected chi connectivity index (χ3v) is 5.21. The summed E-state index contributed by atoms with van der Waals surface area (Å²) >= 11 is 0. The third kappa shape index (κ3) is 3.52. The molecule has 0 saturated heterocycles. The van der Waals surface area contributed by atoms with E-state index in [0.29, 0.717) is 12.2 Å². The smallest absolute Gasteiger partial charge is 0.322 e. The van der Waals surface area contributed by atoms with Crippen molar-refractivity contribution in [2.24, 2.45) is 7.05 Å². The molecule has 0 unspecified atom stereocenters. The monoisotopic (exact) mass is 424 g/mol. The molecule has 0 fully saturated rings. The first-order chi connectivity index (χ1) is 14.8. The minimum Gasteiger partial charge on any atom is -0.506 e. The molecule has 0 atom stereocenters. The maximum Gasteiger partial charge on any atom is 0.322 e. The van der Waals surface area contributed by atoms with Gasteiger partial charge in [0.05, 0.1) is 17.6 Å². The van der Waals surface area contributed by atoms with E-state index in [0.717, 1.165) is 28.1 Å². The number of anilines is 1. The molecule has 0 bridgehead atoms. The first-order valence-electron chi connectivity index (χ1n) is 9.48. The fraction of sp³-hybridized carbons (Fsp3) is 0.238. The first kappa shape index (κ1) is 20.2. The predicted octanol–water partition coefficient (Wildman–Crippen LogP) is 0.949. The molecule has 0 radical (unpaired) electrons. The van der Waals surface area contributed by atoms with Gasteiger partial charge in [0, 0.05) is 25.9 Å². The molecule has 160 valence electrons. The van der Waals surface area contributed by atoms with Gasteiger partial charge in [-0.15, -0.1) is 0 Å². The summed E-state index contributed by atoms with van der Waals surface area (Å²) in [4.78, 5) is 42.0. The van der Waals surface area contributed by atoms with Crippen molar-refractivity contribution in [3.05, 3.63) is 46.4 Å². The van der Waals surface area contributed by atoms with Gasteiger partial charge in [-0.2, -0.15) is 0 Å². The highest BCUT2D eigenvalue weighted by Gasteiger charge is 2.23. The number of amides is 1. The Hall–Kier alpha value is -4.08. The average molecular weight is 424 g/mol. The largest absolute Gasteiger partial charge is 0.506 e. The van der Waals surface area contributed by atoms with Crippen LogP contribution in [0.5, 0.6) is 11.5 Å². The standard InChI is InChI=1S/C21H20N4O6/c1-24-5-6-31-15-8-11(3-4-14(15)24)12-7-13-18(28)17(20(29)23-10-16(26)27)21(30)25(2)19(13)22-9-12/h3-4,7-9,28H,5-6,10H2,1-2H3,(H,23,29)(H,26,27). The van der Waals surface area contributed by atoms with Crippen molar-refractivity contribution in [2.75, 3.05) is 31.6 Å². The van der Waals surface area contributed by atoms with E-state index in [4.69, 9.17) is 9.84 Å². The number of aromatic hydroxyl groups is 1. The number of benzene rings is 1. The summed E-state index contributed by atoms with van der Waals surface area (Å²) in [5, 5.41) is 21.7. The number of pyridine rings is 2. The minimum absolute atomic E-state index is 0.190. The second-order valence-electron chi connectivity index (χ2n) is 7.21. The van der Waals surface area contributed by atoms with Crippen molar-refractivity contribution in [3.63, 3.8) is 0 Å². The summed E-state index contributed by atoms with van der Waals surface area (Å²) in [6.07, 6.45) is 1.57. The molecule has 10 nitrogen and oxygen atoms in total. The van der Waals surface area contributed by atoms with Gasteiger partial charge in [0.15, 0.2) is 0 Å². The topological polar surface area (TPSA) is 134 Å². The number of nitrogens with zero attached hydrogens (tertiary/aromatic N) is 3. The van der Waals surface area contributed by atoms with Crippen molar-refractivity contribution < 1.29 is 24.5 Å². The third-order valence-electron chi connectivity index (χ3n) is 5.21. The van der Waals surface area contributed by atoms with E-state index in [1.54, 1.807) is 12.3 Å². The summed E-state index contributed by atoms with van der Waals surface area (Å²) in [7, 11) is 3.40. The number of carbonyl (C=O) groups is 2. The normalized spacial score (nSPS) is 12.9. The molecule has 10 heteroatoms. The number of carboxylic acid groups (broad SMARTS) is 1. The zero-order valence-electron chi connectivity index (χ0n) is 16.9. The molecule has 3 N–H and O–H groups in total. The number of nitrogens with one attached hydrogen (secondary N) is 1. The van der Waals surface area contributed by atoms with Crippen molar-refractivity contribution in [1.82, 2.24) is 14.9 Å². The fourth-order valence-corrected chi connectivity index (χ4v) is 3.54. The number of likely N-dealkylation sites (N-methyl/N-ethyl adjacent to an activating group) is 1. The number of aryl methyl sites for hydroxylation is 1. The molecule has 1 aliphatic heterocycles. The molecule has 0 spiro atoms. The van der Waals surface area contributed by atoms with Gasteiger partial charge in [-0.25, -0.2) is 4.98 Å². The zero-order valence-corrected chi connectivity index (χ0v) is 16.9.